The van der Waals surface area contributed by atoms with Gasteiger partial charge in [-0.1, -0.05) is 0 Å². The summed E-state index contributed by atoms with van der Waals surface area (Å²) in [5, 5.41) is 14.1. The van der Waals surface area contributed by atoms with Gasteiger partial charge in [-0.25, -0.2) is 0 Å². The van der Waals surface area contributed by atoms with E-state index in [1.165, 1.54) is 17.7 Å². The molecule has 0 saturated carbocycles. The quantitative estimate of drug-likeness (QED) is 0.480. The summed E-state index contributed by atoms with van der Waals surface area (Å²) in [4.78, 5) is 14.4. The molecule has 0 bridgehead atoms. The number of benzene rings is 1. The van der Waals surface area contributed by atoms with Crippen molar-refractivity contribution in [2.45, 2.75) is 13.0 Å². The van der Waals surface area contributed by atoms with Crippen LogP contribution in [0.4, 0.5) is 5.69 Å². The highest BCUT2D eigenvalue weighted by atomic mass is 16.6. The lowest BCUT2D eigenvalue weighted by molar-refractivity contribution is -0.384. The van der Waals surface area contributed by atoms with Gasteiger partial charge in [0.25, 0.3) is 5.69 Å². The molecule has 0 fully saturated rings. The van der Waals surface area contributed by atoms with E-state index in [-0.39, 0.29) is 5.69 Å². The van der Waals surface area contributed by atoms with Crippen molar-refractivity contribution >= 4 is 5.69 Å². The minimum Gasteiger partial charge on any atom is -0.496 e. The number of non-ortho nitro benzene ring substituents is 1. The maximum absolute atomic E-state index is 10.8. The second-order valence-electron chi connectivity index (χ2n) is 4.54. The van der Waals surface area contributed by atoms with Gasteiger partial charge in [0.15, 0.2) is 0 Å². The Morgan fingerprint density at radius 1 is 1.29 bits per heavy atom. The first kappa shape index (κ1) is 14.9. The van der Waals surface area contributed by atoms with Gasteiger partial charge in [0, 0.05) is 36.6 Å². The Kier molecular flexibility index (Phi) is 5.22. The summed E-state index contributed by atoms with van der Waals surface area (Å²) in [7, 11) is 1.56. The van der Waals surface area contributed by atoms with Crippen LogP contribution < -0.4 is 10.1 Å². The number of pyridine rings is 1. The molecule has 0 spiro atoms. The van der Waals surface area contributed by atoms with Gasteiger partial charge in [0.1, 0.15) is 5.75 Å². The maximum atomic E-state index is 10.8. The minimum atomic E-state index is -0.403. The average molecular weight is 287 g/mol. The zero-order valence-electron chi connectivity index (χ0n) is 11.8. The third-order valence-electron chi connectivity index (χ3n) is 3.13. The van der Waals surface area contributed by atoms with Gasteiger partial charge in [-0.2, -0.15) is 0 Å². The first-order chi connectivity index (χ1) is 10.2. The summed E-state index contributed by atoms with van der Waals surface area (Å²) in [6.07, 6.45) is 4.40. The highest BCUT2D eigenvalue weighted by molar-refractivity contribution is 5.43. The highest BCUT2D eigenvalue weighted by Gasteiger charge is 2.10. The third-order valence-corrected chi connectivity index (χ3v) is 3.13. The van der Waals surface area contributed by atoms with Gasteiger partial charge in [-0.15, -0.1) is 0 Å². The summed E-state index contributed by atoms with van der Waals surface area (Å²) in [6.45, 7) is 1.30. The molecule has 0 aliphatic heterocycles. The Morgan fingerprint density at radius 2 is 2.05 bits per heavy atom. The fourth-order valence-corrected chi connectivity index (χ4v) is 2.02. The van der Waals surface area contributed by atoms with Gasteiger partial charge >= 0.3 is 0 Å². The second kappa shape index (κ2) is 7.35. The number of hydrogen-bond acceptors (Lipinski definition) is 5. The number of rotatable bonds is 7. The van der Waals surface area contributed by atoms with E-state index in [0.717, 1.165) is 18.5 Å². The molecular formula is C15H17N3O3. The predicted octanol–water partition coefficient (Wildman–Crippen LogP) is 2.33. The molecule has 0 atom stereocenters. The standard InChI is InChI=1S/C15H17N3O3/c1-21-15-3-2-14(18(19)20)10-13(15)11-17-9-6-12-4-7-16-8-5-12/h2-5,7-8,10,17H,6,9,11H2,1H3. The summed E-state index contributed by atoms with van der Waals surface area (Å²) in [5.74, 6) is 0.650. The van der Waals surface area contributed by atoms with Crippen LogP contribution in [0.5, 0.6) is 5.75 Å². The van der Waals surface area contributed by atoms with Gasteiger partial charge < -0.3 is 10.1 Å². The van der Waals surface area contributed by atoms with E-state index in [2.05, 4.69) is 10.3 Å². The molecule has 0 radical (unpaired) electrons. The van der Waals surface area contributed by atoms with Crippen molar-refractivity contribution < 1.29 is 9.66 Å². The lowest BCUT2D eigenvalue weighted by Gasteiger charge is -2.09. The van der Waals surface area contributed by atoms with Crippen molar-refractivity contribution in [2.24, 2.45) is 0 Å². The summed E-state index contributed by atoms with van der Waals surface area (Å²) >= 11 is 0. The second-order valence-corrected chi connectivity index (χ2v) is 4.54. The van der Waals surface area contributed by atoms with E-state index in [1.54, 1.807) is 25.6 Å². The van der Waals surface area contributed by atoms with Crippen molar-refractivity contribution in [1.29, 1.82) is 0 Å². The Balaban J connectivity index is 1.92. The molecule has 1 aromatic carbocycles. The Morgan fingerprint density at radius 3 is 2.71 bits per heavy atom. The molecule has 6 nitrogen and oxygen atoms in total. The lowest BCUT2D eigenvalue weighted by Crippen LogP contribution is -2.17. The fourth-order valence-electron chi connectivity index (χ4n) is 2.02. The molecule has 0 aliphatic rings. The number of nitrogens with zero attached hydrogens (tertiary/aromatic N) is 2. The number of hydrogen-bond donors (Lipinski definition) is 1. The van der Waals surface area contributed by atoms with Crippen molar-refractivity contribution in [1.82, 2.24) is 10.3 Å². The van der Waals surface area contributed by atoms with E-state index in [9.17, 15) is 10.1 Å². The fraction of sp³-hybridized carbons (Fsp3) is 0.267. The minimum absolute atomic E-state index is 0.0710. The maximum Gasteiger partial charge on any atom is 0.270 e. The molecule has 21 heavy (non-hydrogen) atoms. The number of nitro groups is 1. The van der Waals surface area contributed by atoms with Crippen LogP contribution >= 0.6 is 0 Å². The topological polar surface area (TPSA) is 77.3 Å². The Bertz CT molecular complexity index is 602. The molecule has 0 unspecified atom stereocenters. The smallest absolute Gasteiger partial charge is 0.270 e. The molecule has 0 saturated heterocycles. The van der Waals surface area contributed by atoms with E-state index in [4.69, 9.17) is 4.74 Å². The van der Waals surface area contributed by atoms with Crippen LogP contribution in [0, 0.1) is 10.1 Å². The van der Waals surface area contributed by atoms with Crippen molar-refractivity contribution in [3.63, 3.8) is 0 Å². The monoisotopic (exact) mass is 287 g/mol. The Hall–Kier alpha value is -2.47. The number of ether oxygens (including phenoxy) is 1. The van der Waals surface area contributed by atoms with Crippen LogP contribution in [0.3, 0.4) is 0 Å². The van der Waals surface area contributed by atoms with Crippen LogP contribution in [-0.4, -0.2) is 23.6 Å². The molecule has 6 heteroatoms. The number of aromatic nitrogens is 1. The van der Waals surface area contributed by atoms with Gasteiger partial charge in [-0.3, -0.25) is 15.1 Å². The van der Waals surface area contributed by atoms with Crippen LogP contribution in [0.1, 0.15) is 11.1 Å². The lowest BCUT2D eigenvalue weighted by atomic mass is 10.1. The summed E-state index contributed by atoms with van der Waals surface area (Å²) in [6, 6.07) is 8.54. The molecule has 1 N–H and O–H groups in total. The van der Waals surface area contributed by atoms with Crippen molar-refractivity contribution in [3.05, 3.63) is 64.0 Å². The van der Waals surface area contributed by atoms with Gasteiger partial charge in [-0.05, 0) is 36.7 Å². The number of nitrogens with one attached hydrogen (secondary N) is 1. The van der Waals surface area contributed by atoms with E-state index in [0.29, 0.717) is 12.3 Å². The van der Waals surface area contributed by atoms with Crippen molar-refractivity contribution in [2.75, 3.05) is 13.7 Å². The van der Waals surface area contributed by atoms with Crippen LogP contribution in [-0.2, 0) is 13.0 Å². The van der Waals surface area contributed by atoms with Crippen molar-refractivity contribution in [3.8, 4) is 5.75 Å². The number of methoxy groups -OCH3 is 1. The van der Waals surface area contributed by atoms with Crippen LogP contribution in [0.15, 0.2) is 42.7 Å². The largest absolute Gasteiger partial charge is 0.496 e. The molecule has 2 aromatic rings. The van der Waals surface area contributed by atoms with E-state index >= 15 is 0 Å². The van der Waals surface area contributed by atoms with E-state index in [1.807, 2.05) is 12.1 Å². The summed E-state index contributed by atoms with van der Waals surface area (Å²) in [5.41, 5.74) is 2.05. The SMILES string of the molecule is COc1ccc([N+](=O)[O-])cc1CNCCc1ccncc1. The normalized spacial score (nSPS) is 10.3. The highest BCUT2D eigenvalue weighted by Crippen LogP contribution is 2.23. The predicted molar refractivity (Wildman–Crippen MR) is 79.3 cm³/mol. The zero-order valence-corrected chi connectivity index (χ0v) is 11.8. The first-order valence-corrected chi connectivity index (χ1v) is 6.61. The van der Waals surface area contributed by atoms with E-state index < -0.39 is 4.92 Å². The Labute approximate surface area is 122 Å². The molecule has 110 valence electrons. The molecule has 2 rings (SSSR count). The van der Waals surface area contributed by atoms with Gasteiger partial charge in [0.2, 0.25) is 0 Å². The summed E-state index contributed by atoms with van der Waals surface area (Å²) < 4.78 is 5.22. The molecule has 1 aromatic heterocycles. The van der Waals surface area contributed by atoms with Crippen LogP contribution in [0.25, 0.3) is 0 Å². The van der Waals surface area contributed by atoms with Crippen LogP contribution in [0.2, 0.25) is 0 Å². The number of nitro benzene ring substituents is 1. The molecule has 0 amide bonds. The van der Waals surface area contributed by atoms with Gasteiger partial charge in [0.05, 0.1) is 12.0 Å². The first-order valence-electron chi connectivity index (χ1n) is 6.61. The third kappa shape index (κ3) is 4.25. The zero-order chi connectivity index (χ0) is 15.1. The molecule has 1 heterocycles. The average Bonchev–Trinajstić information content (AvgIpc) is 2.52. The molecular weight excluding hydrogens is 270 g/mol. The molecule has 0 aliphatic carbocycles.